The van der Waals surface area contributed by atoms with Gasteiger partial charge in [-0.2, -0.15) is 9.78 Å². The molecule has 0 saturated carbocycles. The largest absolute Gasteiger partial charge is 0.493 e. The van der Waals surface area contributed by atoms with E-state index in [-0.39, 0.29) is 18.2 Å². The third-order valence-electron chi connectivity index (χ3n) is 5.95. The third-order valence-corrected chi connectivity index (χ3v) is 6.64. The van der Waals surface area contributed by atoms with Gasteiger partial charge in [0.25, 0.3) is 5.56 Å². The summed E-state index contributed by atoms with van der Waals surface area (Å²) < 4.78 is 24.4. The molecule has 2 aromatic heterocycles. The van der Waals surface area contributed by atoms with Gasteiger partial charge in [0, 0.05) is 20.4 Å². The van der Waals surface area contributed by atoms with Crippen LogP contribution in [-0.2, 0) is 9.53 Å². The number of rotatable bonds is 8. The van der Waals surface area contributed by atoms with Gasteiger partial charge >= 0.3 is 5.97 Å². The summed E-state index contributed by atoms with van der Waals surface area (Å²) in [6.07, 6.45) is 0.506. The van der Waals surface area contributed by atoms with Crippen LogP contribution in [0.1, 0.15) is 19.4 Å². The van der Waals surface area contributed by atoms with Crippen molar-refractivity contribution in [1.82, 2.24) is 9.66 Å². The molecule has 3 aromatic carbocycles. The average molecular weight is 625 g/mol. The Balaban J connectivity index is 1.67. The predicted octanol–water partition coefficient (Wildman–Crippen LogP) is 6.45. The number of nitrogens with zero attached hydrogens (tertiary/aromatic N) is 3. The molecule has 1 atom stereocenters. The first-order valence-electron chi connectivity index (χ1n) is 12.3. The summed E-state index contributed by atoms with van der Waals surface area (Å²) in [5.74, 6) is 0.591. The fraction of sp³-hybridized carbons (Fsp3) is 0.172. The minimum atomic E-state index is -0.926. The lowest BCUT2D eigenvalue weighted by atomic mass is 10.2. The molecule has 0 spiro atoms. The number of carbonyl (C=O) groups excluding carboxylic acids is 1. The van der Waals surface area contributed by atoms with Crippen molar-refractivity contribution in [2.24, 2.45) is 5.10 Å². The van der Waals surface area contributed by atoms with Crippen LogP contribution in [0.5, 0.6) is 11.5 Å². The van der Waals surface area contributed by atoms with Gasteiger partial charge in [0.1, 0.15) is 5.58 Å². The summed E-state index contributed by atoms with van der Waals surface area (Å²) in [7, 11) is 1.48. The van der Waals surface area contributed by atoms with Crippen LogP contribution in [0.3, 0.4) is 0 Å². The second kappa shape index (κ2) is 11.5. The van der Waals surface area contributed by atoms with E-state index >= 15 is 0 Å². The average Bonchev–Trinajstić information content (AvgIpc) is 3.36. The van der Waals surface area contributed by atoms with E-state index in [0.717, 1.165) is 10.1 Å². The summed E-state index contributed by atoms with van der Waals surface area (Å²) >= 11 is 9.62. The zero-order chi connectivity index (χ0) is 28.4. The molecule has 0 aliphatic carbocycles. The maximum absolute atomic E-state index is 13.6. The van der Waals surface area contributed by atoms with Crippen molar-refractivity contribution in [3.63, 3.8) is 0 Å². The molecule has 0 N–H and O–H groups in total. The maximum atomic E-state index is 13.6. The van der Waals surface area contributed by atoms with Gasteiger partial charge < -0.3 is 18.6 Å². The predicted molar refractivity (Wildman–Crippen MR) is 157 cm³/mol. The van der Waals surface area contributed by atoms with Gasteiger partial charge in [0.05, 0.1) is 30.8 Å². The van der Waals surface area contributed by atoms with Crippen molar-refractivity contribution in [1.29, 1.82) is 0 Å². The van der Waals surface area contributed by atoms with Gasteiger partial charge in [-0.3, -0.25) is 4.79 Å². The molecule has 5 aromatic rings. The second-order valence-corrected chi connectivity index (χ2v) is 10.00. The Kier molecular flexibility index (Phi) is 7.90. The number of ether oxygens (including phenoxy) is 3. The second-order valence-electron chi connectivity index (χ2n) is 8.65. The van der Waals surface area contributed by atoms with Crippen molar-refractivity contribution in [2.45, 2.75) is 20.0 Å². The Hall–Kier alpha value is -4.15. The molecule has 0 fully saturated rings. The van der Waals surface area contributed by atoms with Gasteiger partial charge in [-0.25, -0.2) is 9.78 Å². The fourth-order valence-electron chi connectivity index (χ4n) is 4.08. The molecule has 0 saturated heterocycles. The van der Waals surface area contributed by atoms with Crippen LogP contribution in [0.25, 0.3) is 33.5 Å². The van der Waals surface area contributed by atoms with Gasteiger partial charge in [0.15, 0.2) is 23.4 Å². The summed E-state index contributed by atoms with van der Waals surface area (Å²) in [4.78, 5) is 30.6. The lowest BCUT2D eigenvalue weighted by Crippen LogP contribution is -2.26. The first-order chi connectivity index (χ1) is 19.3. The lowest BCUT2D eigenvalue weighted by molar-refractivity contribution is -0.150. The number of aromatic nitrogens is 2. The van der Waals surface area contributed by atoms with Crippen LogP contribution < -0.4 is 15.0 Å². The van der Waals surface area contributed by atoms with Gasteiger partial charge in [-0.15, -0.1) is 0 Å². The zero-order valence-corrected chi connectivity index (χ0v) is 24.0. The number of hydrogen-bond acceptors (Lipinski definition) is 8. The first-order valence-corrected chi connectivity index (χ1v) is 13.4. The van der Waals surface area contributed by atoms with E-state index in [1.165, 1.54) is 13.3 Å². The van der Waals surface area contributed by atoms with Crippen LogP contribution in [0.15, 0.2) is 79.4 Å². The summed E-state index contributed by atoms with van der Waals surface area (Å²) in [5, 5.41) is 6.19. The molecule has 204 valence electrons. The molecule has 0 amide bonds. The molecule has 5 rings (SSSR count). The quantitative estimate of drug-likeness (QED) is 0.144. The Morgan fingerprint density at radius 3 is 2.77 bits per heavy atom. The molecule has 9 nitrogen and oxygen atoms in total. The molecule has 40 heavy (non-hydrogen) atoms. The van der Waals surface area contributed by atoms with E-state index in [1.807, 2.05) is 0 Å². The molecule has 11 heteroatoms. The number of halogens is 2. The Morgan fingerprint density at radius 1 is 1.20 bits per heavy atom. The number of furan rings is 1. The number of carbonyl (C=O) groups is 1. The number of fused-ring (bicyclic) bond motifs is 2. The van der Waals surface area contributed by atoms with Crippen LogP contribution >= 0.6 is 27.5 Å². The van der Waals surface area contributed by atoms with Gasteiger partial charge in [-0.05, 0) is 62.4 Å². The number of hydrogen-bond donors (Lipinski definition) is 0. The molecular weight excluding hydrogens is 602 g/mol. The van der Waals surface area contributed by atoms with E-state index in [4.69, 9.17) is 35.2 Å². The van der Waals surface area contributed by atoms with E-state index in [9.17, 15) is 9.59 Å². The summed E-state index contributed by atoms with van der Waals surface area (Å²) in [6, 6.07) is 17.4. The highest BCUT2D eigenvalue weighted by atomic mass is 79.9. The summed E-state index contributed by atoms with van der Waals surface area (Å²) in [5.41, 5.74) is 1.10. The Labute approximate surface area is 242 Å². The molecule has 0 aliphatic rings. The lowest BCUT2D eigenvalue weighted by Gasteiger charge is -2.18. The van der Waals surface area contributed by atoms with Crippen molar-refractivity contribution in [3.8, 4) is 23.1 Å². The number of benzene rings is 3. The highest BCUT2D eigenvalue weighted by molar-refractivity contribution is 9.10. The number of para-hydroxylation sites is 1. The van der Waals surface area contributed by atoms with Crippen LogP contribution in [0.4, 0.5) is 0 Å². The van der Waals surface area contributed by atoms with Crippen LogP contribution in [0.2, 0.25) is 5.02 Å². The summed E-state index contributed by atoms with van der Waals surface area (Å²) in [6.45, 7) is 3.50. The van der Waals surface area contributed by atoms with E-state index < -0.39 is 17.6 Å². The van der Waals surface area contributed by atoms with E-state index in [0.29, 0.717) is 43.1 Å². The van der Waals surface area contributed by atoms with Crippen molar-refractivity contribution >= 4 is 61.6 Å². The maximum Gasteiger partial charge on any atom is 0.347 e. The smallest absolute Gasteiger partial charge is 0.347 e. The number of esters is 1. The van der Waals surface area contributed by atoms with Gasteiger partial charge in [0.2, 0.25) is 5.82 Å². The van der Waals surface area contributed by atoms with E-state index in [1.54, 1.807) is 74.5 Å². The monoisotopic (exact) mass is 623 g/mol. The van der Waals surface area contributed by atoms with Crippen molar-refractivity contribution in [3.05, 3.63) is 86.1 Å². The Bertz CT molecular complexity index is 1830. The first kappa shape index (κ1) is 27.4. The van der Waals surface area contributed by atoms with Crippen LogP contribution in [-0.4, -0.2) is 41.7 Å². The van der Waals surface area contributed by atoms with Gasteiger partial charge in [-0.1, -0.05) is 39.7 Å². The minimum absolute atomic E-state index is 0.191. The Morgan fingerprint density at radius 2 is 2.00 bits per heavy atom. The topological polar surface area (TPSA) is 105 Å². The minimum Gasteiger partial charge on any atom is -0.493 e. The molecule has 0 bridgehead atoms. The van der Waals surface area contributed by atoms with E-state index in [2.05, 4.69) is 21.0 Å². The number of methoxy groups -OCH3 is 1. The molecular formula is C29H23BrClN3O6. The molecule has 2 heterocycles. The highest BCUT2D eigenvalue weighted by Crippen LogP contribution is 2.35. The fourth-order valence-corrected chi connectivity index (χ4v) is 4.72. The zero-order valence-electron chi connectivity index (χ0n) is 21.7. The molecule has 0 unspecified atom stereocenters. The van der Waals surface area contributed by atoms with Crippen LogP contribution in [0, 0.1) is 0 Å². The highest BCUT2D eigenvalue weighted by Gasteiger charge is 2.22. The van der Waals surface area contributed by atoms with Crippen molar-refractivity contribution in [2.75, 3.05) is 13.7 Å². The molecule has 0 aliphatic heterocycles. The molecule has 0 radical (unpaired) electrons. The SMILES string of the molecule is CCOC(=O)[C@@H](C)Oc1c(C=Nn2c(-c3cc4cc(Cl)ccc4o3)nc3ccccc3c2=O)cc(Br)cc1OC. The third kappa shape index (κ3) is 5.45. The van der Waals surface area contributed by atoms with Crippen molar-refractivity contribution < 1.29 is 23.4 Å². The normalized spacial score (nSPS) is 12.2. The standard InChI is InChI=1S/C29H23BrClN3O6/c1-4-38-29(36)16(2)39-26-18(11-19(30)14-24(26)37-3)15-32-34-27(33-22-8-6-5-7-21(22)28(34)35)25-13-17-12-20(31)9-10-23(17)40-25/h5-16H,4H2,1-3H3/t16-/m1/s1.